The Morgan fingerprint density at radius 3 is 2.74 bits per heavy atom. The van der Waals surface area contributed by atoms with Crippen LogP contribution in [-0.4, -0.2) is 17.6 Å². The van der Waals surface area contributed by atoms with E-state index in [1.165, 1.54) is 0 Å². The molecule has 1 aromatic rings. The Morgan fingerprint density at radius 1 is 1.42 bits per heavy atom. The predicted octanol–water partition coefficient (Wildman–Crippen LogP) is 2.24. The molecule has 0 fully saturated rings. The number of hydrogen-bond donors (Lipinski definition) is 2. The second-order valence-electron chi connectivity index (χ2n) is 4.11. The number of allylic oxidation sites excluding steroid dienone is 1. The van der Waals surface area contributed by atoms with E-state index in [2.05, 4.69) is 26.6 Å². The van der Waals surface area contributed by atoms with Gasteiger partial charge in [0, 0.05) is 10.2 Å². The lowest BCUT2D eigenvalue weighted by molar-refractivity contribution is -0.140. The van der Waals surface area contributed by atoms with E-state index < -0.39 is 0 Å². The highest BCUT2D eigenvalue weighted by molar-refractivity contribution is 9.10. The molecular weight excluding hydrogens is 328 g/mol. The molecule has 6 heteroatoms. The lowest BCUT2D eigenvalue weighted by Gasteiger charge is -2.20. The largest absolute Gasteiger partial charge is 0.457 e. The molecule has 2 N–H and O–H groups in total. The SMILES string of the molecule is CC1=C(C(=O)OCc2ccc(Br)cc2)CNC(=S)N1. The summed E-state index contributed by atoms with van der Waals surface area (Å²) in [5.74, 6) is -0.331. The number of thiocarbonyl (C=S) groups is 1. The highest BCUT2D eigenvalue weighted by Crippen LogP contribution is 2.13. The van der Waals surface area contributed by atoms with Crippen molar-refractivity contribution in [1.82, 2.24) is 10.6 Å². The molecule has 1 aliphatic heterocycles. The van der Waals surface area contributed by atoms with Crippen molar-refractivity contribution in [2.24, 2.45) is 0 Å². The molecule has 4 nitrogen and oxygen atoms in total. The molecule has 0 saturated carbocycles. The maximum absolute atomic E-state index is 11.9. The molecule has 0 spiro atoms. The summed E-state index contributed by atoms with van der Waals surface area (Å²) in [5, 5.41) is 6.34. The number of hydrogen-bond acceptors (Lipinski definition) is 3. The first kappa shape index (κ1) is 14.0. The van der Waals surface area contributed by atoms with E-state index in [1.54, 1.807) is 0 Å². The molecule has 1 heterocycles. The summed E-state index contributed by atoms with van der Waals surface area (Å²) < 4.78 is 6.27. The molecule has 19 heavy (non-hydrogen) atoms. The molecule has 0 saturated heterocycles. The summed E-state index contributed by atoms with van der Waals surface area (Å²) in [6.45, 7) is 2.47. The van der Waals surface area contributed by atoms with Crippen LogP contribution in [0.1, 0.15) is 12.5 Å². The lowest BCUT2D eigenvalue weighted by atomic mass is 10.2. The van der Waals surface area contributed by atoms with Crippen molar-refractivity contribution < 1.29 is 9.53 Å². The van der Waals surface area contributed by atoms with Gasteiger partial charge in [-0.1, -0.05) is 28.1 Å². The quantitative estimate of drug-likeness (QED) is 0.652. The first-order valence-corrected chi connectivity index (χ1v) is 6.92. The van der Waals surface area contributed by atoms with Gasteiger partial charge in [-0.15, -0.1) is 0 Å². The van der Waals surface area contributed by atoms with Gasteiger partial charge in [0.15, 0.2) is 5.11 Å². The fourth-order valence-electron chi connectivity index (χ4n) is 1.63. The van der Waals surface area contributed by atoms with E-state index >= 15 is 0 Å². The molecule has 0 bridgehead atoms. The van der Waals surface area contributed by atoms with Gasteiger partial charge in [-0.2, -0.15) is 0 Å². The van der Waals surface area contributed by atoms with Crippen LogP contribution < -0.4 is 10.6 Å². The van der Waals surface area contributed by atoms with Gasteiger partial charge in [0.2, 0.25) is 0 Å². The number of halogens is 1. The second kappa shape index (κ2) is 6.16. The van der Waals surface area contributed by atoms with Crippen LogP contribution in [0.25, 0.3) is 0 Å². The monoisotopic (exact) mass is 340 g/mol. The van der Waals surface area contributed by atoms with E-state index in [9.17, 15) is 4.79 Å². The van der Waals surface area contributed by atoms with Crippen molar-refractivity contribution in [1.29, 1.82) is 0 Å². The number of carbonyl (C=O) groups is 1. The minimum absolute atomic E-state index is 0.257. The van der Waals surface area contributed by atoms with Gasteiger partial charge in [-0.25, -0.2) is 4.79 Å². The normalized spacial score (nSPS) is 14.7. The van der Waals surface area contributed by atoms with Gasteiger partial charge in [-0.3, -0.25) is 0 Å². The maximum atomic E-state index is 11.9. The smallest absolute Gasteiger partial charge is 0.337 e. The van der Waals surface area contributed by atoms with Crippen molar-refractivity contribution in [3.63, 3.8) is 0 Å². The second-order valence-corrected chi connectivity index (χ2v) is 5.44. The Kier molecular flexibility index (Phi) is 4.55. The number of carbonyl (C=O) groups excluding carboxylic acids is 1. The zero-order valence-corrected chi connectivity index (χ0v) is 12.7. The number of benzene rings is 1. The Labute approximate surface area is 125 Å². The standard InChI is InChI=1S/C13H13BrN2O2S/c1-8-11(6-15-13(19)16-8)12(17)18-7-9-2-4-10(14)5-3-9/h2-5H,6-7H2,1H3,(H2,15,16,19). The summed E-state index contributed by atoms with van der Waals surface area (Å²) in [6, 6.07) is 7.64. The van der Waals surface area contributed by atoms with Crippen molar-refractivity contribution in [2.45, 2.75) is 13.5 Å². The average molecular weight is 341 g/mol. The summed E-state index contributed by atoms with van der Waals surface area (Å²) in [4.78, 5) is 11.9. The van der Waals surface area contributed by atoms with Crippen LogP contribution in [0.5, 0.6) is 0 Å². The fourth-order valence-corrected chi connectivity index (χ4v) is 2.12. The molecule has 0 aliphatic carbocycles. The third kappa shape index (κ3) is 3.78. The third-order valence-corrected chi connectivity index (χ3v) is 3.48. The number of ether oxygens (including phenoxy) is 1. The van der Waals surface area contributed by atoms with E-state index in [0.717, 1.165) is 15.7 Å². The summed E-state index contributed by atoms with van der Waals surface area (Å²) >= 11 is 8.32. The highest BCUT2D eigenvalue weighted by atomic mass is 79.9. The molecule has 100 valence electrons. The molecule has 0 radical (unpaired) electrons. The average Bonchev–Trinajstić information content (AvgIpc) is 2.37. The van der Waals surface area contributed by atoms with E-state index in [0.29, 0.717) is 17.2 Å². The Morgan fingerprint density at radius 2 is 2.11 bits per heavy atom. The number of esters is 1. The first-order chi connectivity index (χ1) is 9.06. The number of rotatable bonds is 3. The third-order valence-electron chi connectivity index (χ3n) is 2.71. The van der Waals surface area contributed by atoms with Gasteiger partial charge >= 0.3 is 5.97 Å². The molecule has 1 aliphatic rings. The van der Waals surface area contributed by atoms with E-state index in [4.69, 9.17) is 17.0 Å². The minimum Gasteiger partial charge on any atom is -0.457 e. The van der Waals surface area contributed by atoms with Crippen molar-refractivity contribution in [3.05, 3.63) is 45.6 Å². The topological polar surface area (TPSA) is 50.4 Å². The first-order valence-electron chi connectivity index (χ1n) is 5.72. The van der Waals surface area contributed by atoms with Crippen LogP contribution in [0.3, 0.4) is 0 Å². The maximum Gasteiger partial charge on any atom is 0.337 e. The van der Waals surface area contributed by atoms with Crippen LogP contribution in [0.4, 0.5) is 0 Å². The molecule has 1 aromatic carbocycles. The van der Waals surface area contributed by atoms with Crippen molar-refractivity contribution >= 4 is 39.2 Å². The fraction of sp³-hybridized carbons (Fsp3) is 0.231. The molecule has 0 aromatic heterocycles. The summed E-state index contributed by atoms with van der Waals surface area (Å²) in [7, 11) is 0. The van der Waals surface area contributed by atoms with Crippen molar-refractivity contribution in [2.75, 3.05) is 6.54 Å². The highest BCUT2D eigenvalue weighted by Gasteiger charge is 2.19. The van der Waals surface area contributed by atoms with Crippen LogP contribution >= 0.6 is 28.1 Å². The summed E-state index contributed by atoms with van der Waals surface area (Å²) in [6.07, 6.45) is 0. The van der Waals surface area contributed by atoms with Gasteiger partial charge in [0.25, 0.3) is 0 Å². The molecule has 2 rings (SSSR count). The molecule has 0 atom stereocenters. The van der Waals surface area contributed by atoms with Crippen LogP contribution in [0, 0.1) is 0 Å². The van der Waals surface area contributed by atoms with Gasteiger partial charge in [0.1, 0.15) is 6.61 Å². The zero-order valence-electron chi connectivity index (χ0n) is 10.3. The Bertz CT molecular complexity index is 540. The Hall–Kier alpha value is -1.40. The molecule has 0 unspecified atom stereocenters. The molecular formula is C13H13BrN2O2S. The van der Waals surface area contributed by atoms with Gasteiger partial charge in [-0.05, 0) is 36.8 Å². The number of nitrogens with one attached hydrogen (secondary N) is 2. The van der Waals surface area contributed by atoms with E-state index in [-0.39, 0.29) is 12.6 Å². The zero-order chi connectivity index (χ0) is 13.8. The van der Waals surface area contributed by atoms with Gasteiger partial charge < -0.3 is 15.4 Å². The van der Waals surface area contributed by atoms with Crippen LogP contribution in [0.2, 0.25) is 0 Å². The van der Waals surface area contributed by atoms with E-state index in [1.807, 2.05) is 31.2 Å². The van der Waals surface area contributed by atoms with Crippen LogP contribution in [0.15, 0.2) is 40.0 Å². The van der Waals surface area contributed by atoms with Gasteiger partial charge in [0.05, 0.1) is 12.1 Å². The molecule has 0 amide bonds. The Balaban J connectivity index is 1.96. The predicted molar refractivity (Wildman–Crippen MR) is 80.4 cm³/mol. The summed E-state index contributed by atoms with van der Waals surface area (Å²) in [5.41, 5.74) is 2.26. The minimum atomic E-state index is -0.331. The lowest BCUT2D eigenvalue weighted by Crippen LogP contribution is -2.42. The van der Waals surface area contributed by atoms with Crippen molar-refractivity contribution in [3.8, 4) is 0 Å². The van der Waals surface area contributed by atoms with Crippen LogP contribution in [-0.2, 0) is 16.1 Å².